The van der Waals surface area contributed by atoms with Gasteiger partial charge < -0.3 is 10.2 Å². The molecular weight excluding hydrogens is 204 g/mol. The van der Waals surface area contributed by atoms with Crippen LogP contribution in [0.1, 0.15) is 41.0 Å². The number of hydrogen-bond acceptors (Lipinski definition) is 2. The zero-order chi connectivity index (χ0) is 12.5. The van der Waals surface area contributed by atoms with E-state index in [0.717, 1.165) is 6.42 Å². The summed E-state index contributed by atoms with van der Waals surface area (Å²) in [5.41, 5.74) is -0.724. The van der Waals surface area contributed by atoms with Gasteiger partial charge in [-0.2, -0.15) is 0 Å². The van der Waals surface area contributed by atoms with E-state index < -0.39 is 5.54 Å². The average Bonchev–Trinajstić information content (AvgIpc) is 2.18. The lowest BCUT2D eigenvalue weighted by Crippen LogP contribution is -2.69. The highest BCUT2D eigenvalue weighted by atomic mass is 16.2. The summed E-state index contributed by atoms with van der Waals surface area (Å²) in [6.07, 6.45) is 0.868. The van der Waals surface area contributed by atoms with E-state index >= 15 is 0 Å². The number of piperazine rings is 1. The van der Waals surface area contributed by atoms with Crippen LogP contribution in [0, 0.1) is 5.92 Å². The zero-order valence-corrected chi connectivity index (χ0v) is 10.8. The first-order valence-corrected chi connectivity index (χ1v) is 5.94. The van der Waals surface area contributed by atoms with Crippen LogP contribution in [0.25, 0.3) is 0 Å². The number of rotatable bonds is 3. The predicted octanol–water partition coefficient (Wildman–Crippen LogP) is 1.16. The maximum atomic E-state index is 12.2. The second-order valence-electron chi connectivity index (χ2n) is 5.24. The molecule has 2 amide bonds. The third-order valence-corrected chi connectivity index (χ3v) is 3.16. The Morgan fingerprint density at radius 2 is 1.94 bits per heavy atom. The van der Waals surface area contributed by atoms with Gasteiger partial charge in [0.1, 0.15) is 11.6 Å². The molecular formula is C12H22N2O2. The summed E-state index contributed by atoms with van der Waals surface area (Å²) in [5, 5.41) is 2.81. The number of nitrogens with one attached hydrogen (secondary N) is 1. The minimum atomic E-state index is -0.724. The average molecular weight is 226 g/mol. The summed E-state index contributed by atoms with van der Waals surface area (Å²) in [4.78, 5) is 25.9. The van der Waals surface area contributed by atoms with Crippen LogP contribution in [0.5, 0.6) is 0 Å². The second kappa shape index (κ2) is 4.44. The fraction of sp³-hybridized carbons (Fsp3) is 0.833. The van der Waals surface area contributed by atoms with Crippen LogP contribution >= 0.6 is 0 Å². The third-order valence-electron chi connectivity index (χ3n) is 3.16. The van der Waals surface area contributed by atoms with Crippen LogP contribution in [0.4, 0.5) is 0 Å². The quantitative estimate of drug-likeness (QED) is 0.785. The van der Waals surface area contributed by atoms with Crippen molar-refractivity contribution < 1.29 is 9.59 Å². The van der Waals surface area contributed by atoms with Crippen molar-refractivity contribution in [1.82, 2.24) is 10.2 Å². The fourth-order valence-corrected chi connectivity index (χ4v) is 2.01. The monoisotopic (exact) mass is 226 g/mol. The van der Waals surface area contributed by atoms with Gasteiger partial charge in [-0.1, -0.05) is 20.8 Å². The molecule has 1 aliphatic rings. The molecule has 1 atom stereocenters. The Balaban J connectivity index is 2.99. The van der Waals surface area contributed by atoms with E-state index in [2.05, 4.69) is 5.32 Å². The van der Waals surface area contributed by atoms with Crippen molar-refractivity contribution in [3.8, 4) is 0 Å². The topological polar surface area (TPSA) is 49.4 Å². The molecule has 0 aromatic heterocycles. The van der Waals surface area contributed by atoms with Crippen molar-refractivity contribution in [2.45, 2.75) is 52.6 Å². The van der Waals surface area contributed by atoms with E-state index in [4.69, 9.17) is 0 Å². The van der Waals surface area contributed by atoms with Gasteiger partial charge in [0.25, 0.3) is 0 Å². The van der Waals surface area contributed by atoms with Crippen LogP contribution in [-0.4, -0.2) is 34.8 Å². The molecule has 1 fully saturated rings. The number of carbonyl (C=O) groups is 2. The van der Waals surface area contributed by atoms with Gasteiger partial charge in [0.15, 0.2) is 0 Å². The summed E-state index contributed by atoms with van der Waals surface area (Å²) in [5.74, 6) is 0.118. The van der Waals surface area contributed by atoms with Gasteiger partial charge in [0.2, 0.25) is 11.8 Å². The Morgan fingerprint density at radius 3 is 2.38 bits per heavy atom. The molecule has 16 heavy (non-hydrogen) atoms. The molecule has 1 aliphatic heterocycles. The minimum absolute atomic E-state index is 0.0430. The molecule has 0 aromatic rings. The summed E-state index contributed by atoms with van der Waals surface area (Å²) in [6.45, 7) is 10.2. The van der Waals surface area contributed by atoms with Crippen molar-refractivity contribution in [3.05, 3.63) is 0 Å². The van der Waals surface area contributed by atoms with Gasteiger partial charge in [-0.3, -0.25) is 9.59 Å². The Morgan fingerprint density at radius 1 is 1.38 bits per heavy atom. The maximum absolute atomic E-state index is 12.2. The largest absolute Gasteiger partial charge is 0.342 e. The van der Waals surface area contributed by atoms with Crippen LogP contribution in [0.3, 0.4) is 0 Å². The van der Waals surface area contributed by atoms with Gasteiger partial charge >= 0.3 is 0 Å². The first kappa shape index (κ1) is 13.0. The van der Waals surface area contributed by atoms with Crippen LogP contribution in [0.2, 0.25) is 0 Å². The first-order chi connectivity index (χ1) is 7.32. The van der Waals surface area contributed by atoms with Gasteiger partial charge in [0.05, 0.1) is 0 Å². The van der Waals surface area contributed by atoms with E-state index in [1.54, 1.807) is 18.7 Å². The second-order valence-corrected chi connectivity index (χ2v) is 5.24. The van der Waals surface area contributed by atoms with E-state index in [9.17, 15) is 9.59 Å². The number of nitrogens with zero attached hydrogens (tertiary/aromatic N) is 1. The highest BCUT2D eigenvalue weighted by Crippen LogP contribution is 2.23. The SMILES string of the molecule is CCCN1C(=O)C(C(C)C)NC(=O)C1(C)C. The number of hydrogen-bond donors (Lipinski definition) is 1. The van der Waals surface area contributed by atoms with Crippen molar-refractivity contribution in [2.24, 2.45) is 5.92 Å². The van der Waals surface area contributed by atoms with Crippen molar-refractivity contribution in [3.63, 3.8) is 0 Å². The molecule has 0 aliphatic carbocycles. The molecule has 92 valence electrons. The van der Waals surface area contributed by atoms with Crippen LogP contribution in [0.15, 0.2) is 0 Å². The molecule has 1 unspecified atom stereocenters. The summed E-state index contributed by atoms with van der Waals surface area (Å²) < 4.78 is 0. The number of amides is 2. The standard InChI is InChI=1S/C12H22N2O2/c1-6-7-14-10(15)9(8(2)3)13-11(16)12(14,4)5/h8-9H,6-7H2,1-5H3,(H,13,16). The van der Waals surface area contributed by atoms with Crippen molar-refractivity contribution in [1.29, 1.82) is 0 Å². The highest BCUT2D eigenvalue weighted by molar-refractivity contribution is 5.99. The molecule has 0 bridgehead atoms. The smallest absolute Gasteiger partial charge is 0.246 e. The van der Waals surface area contributed by atoms with E-state index in [-0.39, 0.29) is 23.8 Å². The van der Waals surface area contributed by atoms with Crippen molar-refractivity contribution in [2.75, 3.05) is 6.54 Å². The Bertz CT molecular complexity index is 297. The lowest BCUT2D eigenvalue weighted by molar-refractivity contribution is -0.156. The molecule has 0 spiro atoms. The Kier molecular flexibility index (Phi) is 3.61. The fourth-order valence-electron chi connectivity index (χ4n) is 2.01. The van der Waals surface area contributed by atoms with Gasteiger partial charge in [0, 0.05) is 6.54 Å². The molecule has 1 heterocycles. The predicted molar refractivity (Wildman–Crippen MR) is 62.9 cm³/mol. The normalized spacial score (nSPS) is 24.9. The van der Waals surface area contributed by atoms with Crippen LogP contribution in [-0.2, 0) is 9.59 Å². The summed E-state index contributed by atoms with van der Waals surface area (Å²) in [7, 11) is 0. The molecule has 1 N–H and O–H groups in total. The molecule has 1 rings (SSSR count). The zero-order valence-electron chi connectivity index (χ0n) is 10.8. The van der Waals surface area contributed by atoms with E-state index in [1.165, 1.54) is 0 Å². The van der Waals surface area contributed by atoms with Crippen LogP contribution < -0.4 is 5.32 Å². The first-order valence-electron chi connectivity index (χ1n) is 5.94. The maximum Gasteiger partial charge on any atom is 0.246 e. The highest BCUT2D eigenvalue weighted by Gasteiger charge is 2.46. The van der Waals surface area contributed by atoms with Gasteiger partial charge in [-0.15, -0.1) is 0 Å². The third kappa shape index (κ3) is 2.06. The molecule has 1 saturated heterocycles. The number of carbonyl (C=O) groups excluding carboxylic acids is 2. The lowest BCUT2D eigenvalue weighted by Gasteiger charge is -2.45. The lowest BCUT2D eigenvalue weighted by atomic mass is 9.91. The van der Waals surface area contributed by atoms with Gasteiger partial charge in [-0.25, -0.2) is 0 Å². The van der Waals surface area contributed by atoms with E-state index in [0.29, 0.717) is 6.54 Å². The molecule has 4 nitrogen and oxygen atoms in total. The Labute approximate surface area is 97.4 Å². The summed E-state index contributed by atoms with van der Waals surface area (Å²) in [6, 6.07) is -0.368. The molecule has 0 aromatic carbocycles. The molecule has 4 heteroatoms. The Hall–Kier alpha value is -1.06. The molecule has 0 saturated carbocycles. The van der Waals surface area contributed by atoms with Crippen molar-refractivity contribution >= 4 is 11.8 Å². The summed E-state index contributed by atoms with van der Waals surface area (Å²) >= 11 is 0. The minimum Gasteiger partial charge on any atom is -0.342 e. The van der Waals surface area contributed by atoms with Gasteiger partial charge in [-0.05, 0) is 26.2 Å². The molecule has 0 radical (unpaired) electrons. The van der Waals surface area contributed by atoms with E-state index in [1.807, 2.05) is 20.8 Å².